The minimum atomic E-state index is -0.689. The van der Waals surface area contributed by atoms with Crippen LogP contribution in [-0.2, 0) is 0 Å². The maximum Gasteiger partial charge on any atom is 0.147 e. The summed E-state index contributed by atoms with van der Waals surface area (Å²) in [7, 11) is 0. The van der Waals surface area contributed by atoms with Gasteiger partial charge in [-0.15, -0.1) is 0 Å². The van der Waals surface area contributed by atoms with Crippen molar-refractivity contribution < 1.29 is 9.50 Å². The molecule has 1 atom stereocenters. The molecular weight excluding hydrogens is 181 g/mol. The number of hydrogen-bond donors (Lipinski definition) is 1. The number of pyridine rings is 1. The number of hydrogen-bond acceptors (Lipinski definition) is 2. The average molecular weight is 195 g/mol. The van der Waals surface area contributed by atoms with Crippen LogP contribution in [0.25, 0.3) is 0 Å². The summed E-state index contributed by atoms with van der Waals surface area (Å²) in [6.07, 6.45) is 4.89. The normalized spacial score (nSPS) is 20.5. The molecule has 0 bridgehead atoms. The monoisotopic (exact) mass is 195 g/mol. The first-order chi connectivity index (χ1) is 6.61. The maximum atomic E-state index is 13.2. The zero-order valence-corrected chi connectivity index (χ0v) is 8.20. The van der Waals surface area contributed by atoms with Gasteiger partial charge >= 0.3 is 0 Å². The maximum absolute atomic E-state index is 13.2. The molecule has 1 aliphatic carbocycles. The molecule has 1 aliphatic rings. The van der Waals surface area contributed by atoms with Crippen molar-refractivity contribution in [2.75, 3.05) is 0 Å². The average Bonchev–Trinajstić information content (AvgIpc) is 2.84. The van der Waals surface area contributed by atoms with Crippen LogP contribution in [0.4, 0.5) is 4.39 Å². The third kappa shape index (κ3) is 1.93. The van der Waals surface area contributed by atoms with Gasteiger partial charge in [-0.3, -0.25) is 4.98 Å². The molecule has 1 unspecified atom stereocenters. The standard InChI is InChI=1S/C11H14FNO/c1-11(3-4-11)6-10(14)8-2-5-13-7-9(8)12/h2,5,7,10,14H,3-4,6H2,1H3. The van der Waals surface area contributed by atoms with Crippen molar-refractivity contribution in [3.05, 3.63) is 29.8 Å². The number of aliphatic hydroxyl groups is 1. The second-order valence-corrected chi connectivity index (χ2v) is 4.43. The van der Waals surface area contributed by atoms with Crippen molar-refractivity contribution in [2.24, 2.45) is 5.41 Å². The molecule has 1 aromatic heterocycles. The Labute approximate surface area is 82.8 Å². The van der Waals surface area contributed by atoms with E-state index in [1.54, 1.807) is 6.07 Å². The van der Waals surface area contributed by atoms with Gasteiger partial charge in [0.2, 0.25) is 0 Å². The van der Waals surface area contributed by atoms with Crippen LogP contribution in [0.2, 0.25) is 0 Å². The third-order valence-electron chi connectivity index (χ3n) is 2.95. The number of nitrogens with zero attached hydrogens (tertiary/aromatic N) is 1. The summed E-state index contributed by atoms with van der Waals surface area (Å²) in [6.45, 7) is 2.12. The van der Waals surface area contributed by atoms with E-state index in [1.807, 2.05) is 0 Å². The van der Waals surface area contributed by atoms with Crippen LogP contribution < -0.4 is 0 Å². The van der Waals surface area contributed by atoms with E-state index in [0.717, 1.165) is 19.0 Å². The highest BCUT2D eigenvalue weighted by Gasteiger charge is 2.39. The molecule has 0 spiro atoms. The third-order valence-corrected chi connectivity index (χ3v) is 2.95. The van der Waals surface area contributed by atoms with Gasteiger partial charge in [0.05, 0.1) is 12.3 Å². The molecule has 0 saturated heterocycles. The molecule has 2 nitrogen and oxygen atoms in total. The molecule has 0 aliphatic heterocycles. The molecule has 76 valence electrons. The summed E-state index contributed by atoms with van der Waals surface area (Å²) in [5.41, 5.74) is 0.600. The van der Waals surface area contributed by atoms with Crippen LogP contribution >= 0.6 is 0 Å². The molecule has 2 rings (SSSR count). The second kappa shape index (κ2) is 3.31. The number of aliphatic hydroxyl groups excluding tert-OH is 1. The van der Waals surface area contributed by atoms with Crippen LogP contribution in [0, 0.1) is 11.2 Å². The van der Waals surface area contributed by atoms with Crippen LogP contribution in [0.15, 0.2) is 18.5 Å². The van der Waals surface area contributed by atoms with E-state index in [-0.39, 0.29) is 5.41 Å². The Kier molecular flexibility index (Phi) is 2.27. The topological polar surface area (TPSA) is 33.1 Å². The second-order valence-electron chi connectivity index (χ2n) is 4.43. The lowest BCUT2D eigenvalue weighted by atomic mass is 9.96. The smallest absolute Gasteiger partial charge is 0.147 e. The molecule has 1 heterocycles. The van der Waals surface area contributed by atoms with E-state index >= 15 is 0 Å². The predicted octanol–water partition coefficient (Wildman–Crippen LogP) is 2.44. The summed E-state index contributed by atoms with van der Waals surface area (Å²) in [4.78, 5) is 3.65. The first-order valence-electron chi connectivity index (χ1n) is 4.88. The summed E-state index contributed by atoms with van der Waals surface area (Å²) >= 11 is 0. The number of rotatable bonds is 3. The van der Waals surface area contributed by atoms with Crippen molar-refractivity contribution in [1.29, 1.82) is 0 Å². The van der Waals surface area contributed by atoms with Crippen LogP contribution in [0.3, 0.4) is 0 Å². The van der Waals surface area contributed by atoms with Gasteiger partial charge in [-0.25, -0.2) is 4.39 Å². The molecule has 1 N–H and O–H groups in total. The number of aromatic nitrogens is 1. The first-order valence-corrected chi connectivity index (χ1v) is 4.88. The van der Waals surface area contributed by atoms with Crippen molar-refractivity contribution in [1.82, 2.24) is 4.98 Å². The Hall–Kier alpha value is -0.960. The van der Waals surface area contributed by atoms with Gasteiger partial charge in [0.1, 0.15) is 5.82 Å². The Morgan fingerprint density at radius 1 is 1.64 bits per heavy atom. The Morgan fingerprint density at radius 2 is 2.36 bits per heavy atom. The summed E-state index contributed by atoms with van der Waals surface area (Å²) in [6, 6.07) is 1.55. The highest BCUT2D eigenvalue weighted by molar-refractivity contribution is 5.16. The van der Waals surface area contributed by atoms with Gasteiger partial charge < -0.3 is 5.11 Å². The van der Waals surface area contributed by atoms with Gasteiger partial charge in [-0.2, -0.15) is 0 Å². The first kappa shape index (κ1) is 9.59. The van der Waals surface area contributed by atoms with Gasteiger partial charge in [0.15, 0.2) is 0 Å². The molecule has 3 heteroatoms. The minimum absolute atomic E-state index is 0.231. The van der Waals surface area contributed by atoms with E-state index in [9.17, 15) is 9.50 Å². The Balaban J connectivity index is 2.10. The SMILES string of the molecule is CC1(CC(O)c2ccncc2F)CC1. The van der Waals surface area contributed by atoms with E-state index in [0.29, 0.717) is 12.0 Å². The van der Waals surface area contributed by atoms with Crippen molar-refractivity contribution in [3.63, 3.8) is 0 Å². The van der Waals surface area contributed by atoms with Crippen molar-refractivity contribution >= 4 is 0 Å². The molecule has 1 saturated carbocycles. The van der Waals surface area contributed by atoms with Gasteiger partial charge in [0.25, 0.3) is 0 Å². The molecule has 0 aromatic carbocycles. The molecule has 0 amide bonds. The summed E-state index contributed by atoms with van der Waals surface area (Å²) in [5, 5.41) is 9.81. The summed E-state index contributed by atoms with van der Waals surface area (Å²) in [5.74, 6) is -0.413. The fraction of sp³-hybridized carbons (Fsp3) is 0.545. The quantitative estimate of drug-likeness (QED) is 0.803. The molecule has 1 aromatic rings. The van der Waals surface area contributed by atoms with E-state index in [4.69, 9.17) is 0 Å². The van der Waals surface area contributed by atoms with Gasteiger partial charge in [-0.1, -0.05) is 6.92 Å². The molecule has 0 radical (unpaired) electrons. The van der Waals surface area contributed by atoms with Gasteiger partial charge in [0, 0.05) is 11.8 Å². The van der Waals surface area contributed by atoms with Gasteiger partial charge in [-0.05, 0) is 30.7 Å². The van der Waals surface area contributed by atoms with E-state index in [1.165, 1.54) is 6.20 Å². The lowest BCUT2D eigenvalue weighted by Gasteiger charge is -2.15. The fourth-order valence-electron chi connectivity index (χ4n) is 1.65. The largest absolute Gasteiger partial charge is 0.388 e. The molecule has 14 heavy (non-hydrogen) atoms. The van der Waals surface area contributed by atoms with Crippen LogP contribution in [0.5, 0.6) is 0 Å². The zero-order valence-electron chi connectivity index (χ0n) is 8.20. The van der Waals surface area contributed by atoms with Crippen LogP contribution in [-0.4, -0.2) is 10.1 Å². The highest BCUT2D eigenvalue weighted by atomic mass is 19.1. The Morgan fingerprint density at radius 3 is 2.93 bits per heavy atom. The highest BCUT2D eigenvalue weighted by Crippen LogP contribution is 2.51. The van der Waals surface area contributed by atoms with Crippen molar-refractivity contribution in [2.45, 2.75) is 32.3 Å². The van der Waals surface area contributed by atoms with Crippen LogP contribution in [0.1, 0.15) is 37.9 Å². The van der Waals surface area contributed by atoms with E-state index in [2.05, 4.69) is 11.9 Å². The predicted molar refractivity (Wildman–Crippen MR) is 51.1 cm³/mol. The zero-order chi connectivity index (χ0) is 10.2. The Bertz CT molecular complexity index is 336. The molecule has 1 fully saturated rings. The molecular formula is C11H14FNO. The lowest BCUT2D eigenvalue weighted by molar-refractivity contribution is 0.138. The minimum Gasteiger partial charge on any atom is -0.388 e. The number of halogens is 1. The lowest BCUT2D eigenvalue weighted by Crippen LogP contribution is -2.06. The fourth-order valence-corrected chi connectivity index (χ4v) is 1.65. The summed E-state index contributed by atoms with van der Waals surface area (Å²) < 4.78 is 13.2. The van der Waals surface area contributed by atoms with Crippen molar-refractivity contribution in [3.8, 4) is 0 Å². The van der Waals surface area contributed by atoms with E-state index < -0.39 is 11.9 Å².